The molecular formula is C54H64F2N8O4Si. The number of aliphatic hydroxyl groups excluding tert-OH is 1. The van der Waals surface area contributed by atoms with E-state index in [1.54, 1.807) is 24.5 Å². The second-order valence-electron chi connectivity index (χ2n) is 19.7. The van der Waals surface area contributed by atoms with E-state index >= 15 is 4.39 Å². The molecule has 2 aliphatic rings. The van der Waals surface area contributed by atoms with Crippen molar-refractivity contribution in [1.82, 2.24) is 30.6 Å². The molecule has 4 atom stereocenters. The number of benzene rings is 4. The molecule has 362 valence electrons. The van der Waals surface area contributed by atoms with Crippen molar-refractivity contribution >= 4 is 31.8 Å². The van der Waals surface area contributed by atoms with Crippen LogP contribution in [0.3, 0.4) is 0 Å². The predicted octanol–water partition coefficient (Wildman–Crippen LogP) is 10.7. The Balaban J connectivity index is 0.000000208. The summed E-state index contributed by atoms with van der Waals surface area (Å²) in [5, 5.41) is 15.6. The molecule has 2 saturated carbocycles. The Hall–Kier alpha value is -6.42. The summed E-state index contributed by atoms with van der Waals surface area (Å²) in [5.74, 6) is -1.50. The summed E-state index contributed by atoms with van der Waals surface area (Å²) in [4.78, 5) is 43.1. The largest absolute Gasteiger partial charge is 0.414 e. The van der Waals surface area contributed by atoms with E-state index in [0.29, 0.717) is 42.0 Å². The lowest BCUT2D eigenvalue weighted by Gasteiger charge is -2.41. The Morgan fingerprint density at radius 2 is 1.13 bits per heavy atom. The van der Waals surface area contributed by atoms with Crippen molar-refractivity contribution < 1.29 is 27.9 Å². The minimum Gasteiger partial charge on any atom is -0.414 e. The van der Waals surface area contributed by atoms with Crippen LogP contribution in [0.5, 0.6) is 0 Å². The van der Waals surface area contributed by atoms with Crippen LogP contribution in [-0.2, 0) is 17.5 Å². The highest BCUT2D eigenvalue weighted by Gasteiger charge is 2.40. The van der Waals surface area contributed by atoms with Crippen LogP contribution in [0.15, 0.2) is 109 Å². The third kappa shape index (κ3) is 13.0. The van der Waals surface area contributed by atoms with Crippen molar-refractivity contribution in [1.29, 1.82) is 0 Å². The van der Waals surface area contributed by atoms with Crippen LogP contribution in [0.1, 0.15) is 127 Å². The molecule has 2 fully saturated rings. The van der Waals surface area contributed by atoms with Crippen LogP contribution in [0.4, 0.5) is 20.4 Å². The molecular weight excluding hydrogens is 891 g/mol. The summed E-state index contributed by atoms with van der Waals surface area (Å²) in [6, 6.07) is 27.7. The normalized spacial score (nSPS) is 18.4. The molecule has 15 heteroatoms. The first-order valence-electron chi connectivity index (χ1n) is 23.8. The first-order chi connectivity index (χ1) is 33.0. The average molecular weight is 955 g/mol. The maximum atomic E-state index is 15.0. The summed E-state index contributed by atoms with van der Waals surface area (Å²) in [7, 11) is -1.87. The molecule has 69 heavy (non-hydrogen) atoms. The van der Waals surface area contributed by atoms with Gasteiger partial charge in [-0.2, -0.15) is 0 Å². The van der Waals surface area contributed by atoms with E-state index in [2.05, 4.69) is 59.5 Å². The second kappa shape index (κ2) is 22.3. The molecule has 2 heterocycles. The lowest BCUT2D eigenvalue weighted by Crippen LogP contribution is -2.44. The maximum Gasteiger partial charge on any atom is 0.254 e. The summed E-state index contributed by atoms with van der Waals surface area (Å²) >= 11 is 0. The molecule has 0 spiro atoms. The summed E-state index contributed by atoms with van der Waals surface area (Å²) in [5.41, 5.74) is 17.4. The molecule has 12 nitrogen and oxygen atoms in total. The predicted molar refractivity (Wildman–Crippen MR) is 269 cm³/mol. The summed E-state index contributed by atoms with van der Waals surface area (Å²) in [6.45, 7) is 12.0. The molecule has 0 bridgehead atoms. The van der Waals surface area contributed by atoms with Crippen LogP contribution in [0.2, 0.25) is 18.1 Å². The van der Waals surface area contributed by atoms with Crippen molar-refractivity contribution in [3.05, 3.63) is 155 Å². The Bertz CT molecular complexity index is 2720. The fraction of sp³-hybridized carbons (Fsp3) is 0.370. The third-order valence-electron chi connectivity index (χ3n) is 13.6. The van der Waals surface area contributed by atoms with Gasteiger partial charge >= 0.3 is 0 Å². The van der Waals surface area contributed by atoms with E-state index in [1.165, 1.54) is 24.3 Å². The van der Waals surface area contributed by atoms with Gasteiger partial charge in [-0.1, -0.05) is 106 Å². The highest BCUT2D eigenvalue weighted by Crippen LogP contribution is 2.42. The molecule has 0 aliphatic heterocycles. The Morgan fingerprint density at radius 1 is 0.681 bits per heavy atom. The van der Waals surface area contributed by atoms with Gasteiger partial charge in [0, 0.05) is 42.2 Å². The molecule has 0 radical (unpaired) electrons. The minimum absolute atomic E-state index is 0.0229. The van der Waals surface area contributed by atoms with Gasteiger partial charge in [0.25, 0.3) is 11.8 Å². The van der Waals surface area contributed by atoms with Crippen LogP contribution >= 0.6 is 0 Å². The smallest absolute Gasteiger partial charge is 0.254 e. The van der Waals surface area contributed by atoms with Gasteiger partial charge in [-0.3, -0.25) is 9.59 Å². The molecule has 2 amide bonds. The number of nitrogens with two attached hydrogens (primary N) is 2. The number of carbonyl (C=O) groups is 2. The molecule has 6 aromatic rings. The number of aliphatic hydroxyl groups is 1. The van der Waals surface area contributed by atoms with E-state index in [-0.39, 0.29) is 51.8 Å². The molecule has 0 saturated heterocycles. The fourth-order valence-corrected chi connectivity index (χ4v) is 10.0. The average Bonchev–Trinajstić information content (AvgIpc) is 3.33. The van der Waals surface area contributed by atoms with E-state index in [0.717, 1.165) is 67.5 Å². The van der Waals surface area contributed by atoms with Gasteiger partial charge in [0.2, 0.25) is 0 Å². The van der Waals surface area contributed by atoms with Crippen LogP contribution in [0.25, 0.3) is 22.5 Å². The number of rotatable bonds is 12. The monoisotopic (exact) mass is 954 g/mol. The lowest BCUT2D eigenvalue weighted by atomic mass is 9.85. The Labute approximate surface area is 404 Å². The third-order valence-corrected chi connectivity index (χ3v) is 18.1. The highest BCUT2D eigenvalue weighted by atomic mass is 28.4. The zero-order valence-corrected chi connectivity index (χ0v) is 41.1. The Morgan fingerprint density at radius 3 is 1.57 bits per heavy atom. The zero-order valence-electron chi connectivity index (χ0n) is 40.1. The van der Waals surface area contributed by atoms with Gasteiger partial charge in [-0.25, -0.2) is 28.7 Å². The number of amides is 2. The molecule has 4 aromatic carbocycles. The topological polar surface area (TPSA) is 191 Å². The van der Waals surface area contributed by atoms with Gasteiger partial charge in [0.05, 0.1) is 41.0 Å². The quantitative estimate of drug-likeness (QED) is 0.0738. The van der Waals surface area contributed by atoms with Crippen molar-refractivity contribution in [3.8, 4) is 22.5 Å². The van der Waals surface area contributed by atoms with E-state index in [4.69, 9.17) is 20.9 Å². The number of carbonyl (C=O) groups excluding carboxylic acids is 2. The number of anilines is 2. The van der Waals surface area contributed by atoms with Gasteiger partial charge in [0.1, 0.15) is 34.7 Å². The van der Waals surface area contributed by atoms with Crippen LogP contribution in [-0.4, -0.2) is 57.4 Å². The SMILES string of the molecule is CC(C)(C)[Si](C)(C)O[C@@H]1CCC[C@H](c2cnc(N)c(-c3ccc(C(=O)NCc4ccccc4)c(F)c3)n2)C1.Nc1ncc([C@H]2CCC[C@@H](O)C2)nc1-c1ccc(C(=O)NCc2ccccc2)c(F)c1. The maximum absolute atomic E-state index is 15.0. The number of nitrogens with zero attached hydrogens (tertiary/aromatic N) is 4. The van der Waals surface area contributed by atoms with Gasteiger partial charge < -0.3 is 31.6 Å². The molecule has 8 rings (SSSR count). The summed E-state index contributed by atoms with van der Waals surface area (Å²) in [6.07, 6.45) is 10.5. The second-order valence-corrected chi connectivity index (χ2v) is 24.4. The van der Waals surface area contributed by atoms with Crippen molar-refractivity contribution in [2.24, 2.45) is 0 Å². The Kier molecular flexibility index (Phi) is 16.3. The number of hydrogen-bond acceptors (Lipinski definition) is 10. The van der Waals surface area contributed by atoms with Crippen LogP contribution < -0.4 is 22.1 Å². The van der Waals surface area contributed by atoms with E-state index < -0.39 is 31.8 Å². The molecule has 7 N–H and O–H groups in total. The van der Waals surface area contributed by atoms with Crippen molar-refractivity contribution in [2.45, 2.75) is 127 Å². The first-order valence-corrected chi connectivity index (χ1v) is 26.7. The summed E-state index contributed by atoms with van der Waals surface area (Å²) < 4.78 is 36.5. The number of nitrogen functional groups attached to an aromatic ring is 2. The molecule has 0 unspecified atom stereocenters. The van der Waals surface area contributed by atoms with E-state index in [9.17, 15) is 19.1 Å². The zero-order chi connectivity index (χ0) is 49.3. The number of nitrogens with one attached hydrogen (secondary N) is 2. The van der Waals surface area contributed by atoms with Crippen LogP contribution in [0, 0.1) is 11.6 Å². The van der Waals surface area contributed by atoms with Gasteiger partial charge in [-0.15, -0.1) is 0 Å². The molecule has 2 aromatic heterocycles. The number of halogens is 2. The number of hydrogen-bond donors (Lipinski definition) is 5. The van der Waals surface area contributed by atoms with Crippen molar-refractivity contribution in [2.75, 3.05) is 11.5 Å². The van der Waals surface area contributed by atoms with Gasteiger partial charge in [0.15, 0.2) is 8.32 Å². The lowest BCUT2D eigenvalue weighted by molar-refractivity contribution is 0.0938. The minimum atomic E-state index is -1.87. The standard InChI is InChI=1S/C30H39FN4O2Si.C24H25FN4O2/c1-30(2,3)38(4,5)37-23-13-9-12-21(16-23)26-19-33-28(32)27(35-26)22-14-15-24(25(31)17-22)29(36)34-18-20-10-7-6-8-11-20;25-20-12-17(9-10-19(20)24(31)28-13-15-5-2-1-3-6-15)22-23(26)27-14-21(29-22)16-7-4-8-18(30)11-16/h6-8,10-11,14-15,17,19,21,23H,9,12-13,16,18H2,1-5H3,(H2,32,33)(H,34,36);1-3,5-6,9-10,12,14,16,18,30H,4,7-8,11,13H2,(H2,26,27)(H,28,31)/t21-,23+;16-,18+/m00/s1. The number of aromatic nitrogens is 4. The van der Waals surface area contributed by atoms with Gasteiger partial charge in [-0.05, 0) is 92.0 Å². The fourth-order valence-electron chi connectivity index (χ4n) is 8.63. The van der Waals surface area contributed by atoms with E-state index in [1.807, 2.05) is 60.7 Å². The first kappa shape index (κ1) is 50.5. The van der Waals surface area contributed by atoms with Crippen molar-refractivity contribution in [3.63, 3.8) is 0 Å². The molecule has 2 aliphatic carbocycles. The highest BCUT2D eigenvalue weighted by molar-refractivity contribution is 6.74.